The highest BCUT2D eigenvalue weighted by molar-refractivity contribution is 5.84. The van der Waals surface area contributed by atoms with Crippen LogP contribution in [0.5, 0.6) is 5.75 Å². The molecule has 1 aromatic carbocycles. The average molecular weight is 457 g/mol. The van der Waals surface area contributed by atoms with Crippen molar-refractivity contribution in [3.63, 3.8) is 0 Å². The molecule has 0 bridgehead atoms. The average Bonchev–Trinajstić information content (AvgIpc) is 3.38. The van der Waals surface area contributed by atoms with Gasteiger partial charge in [-0.1, -0.05) is 22.4 Å². The minimum atomic E-state index is -0.525. The Morgan fingerprint density at radius 3 is 2.70 bits per heavy atom. The number of hydrogen-bond acceptors (Lipinski definition) is 8. The molecule has 0 saturated carbocycles. The Morgan fingerprint density at radius 2 is 2.09 bits per heavy atom. The molecule has 1 amide bonds. The molecule has 1 saturated heterocycles. The van der Waals surface area contributed by atoms with E-state index in [0.717, 1.165) is 22.7 Å². The van der Waals surface area contributed by atoms with Gasteiger partial charge in [0.15, 0.2) is 0 Å². The van der Waals surface area contributed by atoms with Crippen LogP contribution in [-0.4, -0.2) is 63.1 Å². The summed E-state index contributed by atoms with van der Waals surface area (Å²) in [5.74, 6) is 0.790. The Morgan fingerprint density at radius 1 is 1.33 bits per heavy atom. The molecule has 2 aromatic heterocycles. The first-order valence-corrected chi connectivity index (χ1v) is 10.4. The number of aryl methyl sites for hydroxylation is 2. The smallest absolute Gasteiger partial charge is 0.290 e. The molecular weight excluding hydrogens is 428 g/mol. The summed E-state index contributed by atoms with van der Waals surface area (Å²) < 4.78 is 10.1. The molecular formula is C22H28N6O5. The van der Waals surface area contributed by atoms with Gasteiger partial charge in [0, 0.05) is 25.3 Å². The number of ether oxygens (including phenoxy) is 1. The molecule has 0 spiro atoms. The molecule has 4 rings (SSSR count). The van der Waals surface area contributed by atoms with Crippen molar-refractivity contribution >= 4 is 12.4 Å². The lowest BCUT2D eigenvalue weighted by Crippen LogP contribution is -2.63. The zero-order chi connectivity index (χ0) is 23.8. The number of rotatable bonds is 8. The number of hydrogen-bond donors (Lipinski definition) is 3. The summed E-state index contributed by atoms with van der Waals surface area (Å²) in [6.45, 7) is 5.85. The Hall–Kier alpha value is -3.73. The third kappa shape index (κ3) is 5.95. The van der Waals surface area contributed by atoms with Crippen molar-refractivity contribution in [2.45, 2.75) is 33.4 Å². The van der Waals surface area contributed by atoms with E-state index in [1.54, 1.807) is 14.0 Å². The maximum Gasteiger partial charge on any atom is 0.290 e. The van der Waals surface area contributed by atoms with E-state index < -0.39 is 5.41 Å². The second kappa shape index (κ2) is 10.7. The second-order valence-corrected chi connectivity index (χ2v) is 8.08. The zero-order valence-corrected chi connectivity index (χ0v) is 18.9. The fraction of sp³-hybridized carbons (Fsp3) is 0.409. The van der Waals surface area contributed by atoms with Crippen LogP contribution in [0, 0.1) is 19.3 Å². The van der Waals surface area contributed by atoms with Crippen LogP contribution in [0.25, 0.3) is 0 Å². The maximum atomic E-state index is 13.2. The molecule has 0 aliphatic carbocycles. The van der Waals surface area contributed by atoms with Crippen molar-refractivity contribution in [3.05, 3.63) is 58.7 Å². The maximum absolute atomic E-state index is 13.2. The van der Waals surface area contributed by atoms with E-state index in [2.05, 4.69) is 30.7 Å². The summed E-state index contributed by atoms with van der Waals surface area (Å²) in [7, 11) is 1.65. The predicted molar refractivity (Wildman–Crippen MR) is 117 cm³/mol. The van der Waals surface area contributed by atoms with Crippen molar-refractivity contribution < 1.29 is 24.1 Å². The Bertz CT molecular complexity index is 1070. The first kappa shape index (κ1) is 23.9. The topological polar surface area (TPSA) is 146 Å². The van der Waals surface area contributed by atoms with E-state index >= 15 is 0 Å². The third-order valence-electron chi connectivity index (χ3n) is 5.52. The number of nitrogens with zero attached hydrogens (tertiary/aromatic N) is 4. The van der Waals surface area contributed by atoms with Gasteiger partial charge >= 0.3 is 0 Å². The van der Waals surface area contributed by atoms with Crippen molar-refractivity contribution in [1.29, 1.82) is 0 Å². The van der Waals surface area contributed by atoms with E-state index in [1.165, 1.54) is 0 Å². The van der Waals surface area contributed by atoms with Gasteiger partial charge in [0.1, 0.15) is 17.1 Å². The number of amides is 1. The Labute approximate surface area is 191 Å². The Balaban J connectivity index is 0.000000968. The highest BCUT2D eigenvalue weighted by Gasteiger charge is 2.49. The van der Waals surface area contributed by atoms with E-state index in [4.69, 9.17) is 19.3 Å². The van der Waals surface area contributed by atoms with Gasteiger partial charge in [-0.25, -0.2) is 4.63 Å². The van der Waals surface area contributed by atoms with Gasteiger partial charge in [0.05, 0.1) is 24.8 Å². The first-order valence-electron chi connectivity index (χ1n) is 10.4. The van der Waals surface area contributed by atoms with Crippen LogP contribution in [0.3, 0.4) is 0 Å². The van der Waals surface area contributed by atoms with Crippen LogP contribution < -0.4 is 10.1 Å². The van der Waals surface area contributed by atoms with Crippen LogP contribution in [0.4, 0.5) is 0 Å². The fourth-order valence-corrected chi connectivity index (χ4v) is 3.98. The zero-order valence-electron chi connectivity index (χ0n) is 18.9. The van der Waals surface area contributed by atoms with Crippen LogP contribution >= 0.6 is 0 Å². The lowest BCUT2D eigenvalue weighted by Gasteiger charge is -2.49. The molecule has 1 aliphatic heterocycles. The molecule has 176 valence electrons. The van der Waals surface area contributed by atoms with E-state index in [0.29, 0.717) is 44.0 Å². The predicted octanol–water partition coefficient (Wildman–Crippen LogP) is 1.48. The normalized spacial score (nSPS) is 14.5. The van der Waals surface area contributed by atoms with Crippen LogP contribution in [0.15, 0.2) is 35.0 Å². The van der Waals surface area contributed by atoms with Crippen LogP contribution in [-0.2, 0) is 29.1 Å². The van der Waals surface area contributed by atoms with Crippen LogP contribution in [0.2, 0.25) is 0 Å². The lowest BCUT2D eigenvalue weighted by atomic mass is 9.73. The van der Waals surface area contributed by atoms with Crippen molar-refractivity contribution in [2.24, 2.45) is 5.41 Å². The molecule has 11 heteroatoms. The highest BCUT2D eigenvalue weighted by Crippen LogP contribution is 2.36. The number of carboxylic acid groups (broad SMARTS) is 1. The number of likely N-dealkylation sites (tertiary alicyclic amines) is 1. The van der Waals surface area contributed by atoms with Gasteiger partial charge in [0.2, 0.25) is 5.91 Å². The molecule has 1 aliphatic rings. The minimum absolute atomic E-state index is 0.00202. The van der Waals surface area contributed by atoms with Crippen molar-refractivity contribution in [3.8, 4) is 5.75 Å². The lowest BCUT2D eigenvalue weighted by molar-refractivity contribution is -0.142. The fourth-order valence-electron chi connectivity index (χ4n) is 3.98. The summed E-state index contributed by atoms with van der Waals surface area (Å²) in [5.41, 5.74) is 3.88. The number of methoxy groups -OCH3 is 1. The summed E-state index contributed by atoms with van der Waals surface area (Å²) in [5, 5.41) is 24.8. The number of H-pyrrole nitrogens is 1. The number of carbonyl (C=O) groups is 2. The molecule has 1 fully saturated rings. The summed E-state index contributed by atoms with van der Waals surface area (Å²) in [6, 6.07) is 9.91. The molecule has 33 heavy (non-hydrogen) atoms. The molecule has 0 unspecified atom stereocenters. The van der Waals surface area contributed by atoms with Gasteiger partial charge in [-0.05, 0) is 44.0 Å². The first-order chi connectivity index (χ1) is 15.9. The molecule has 3 aromatic rings. The van der Waals surface area contributed by atoms with E-state index in [9.17, 15) is 4.79 Å². The third-order valence-corrected chi connectivity index (χ3v) is 5.52. The number of aromatic nitrogens is 4. The molecule has 11 nitrogen and oxygen atoms in total. The quantitative estimate of drug-likeness (QED) is 0.429. The molecule has 3 heterocycles. The largest absolute Gasteiger partial charge is 0.497 e. The van der Waals surface area contributed by atoms with Gasteiger partial charge in [-0.15, -0.1) is 0 Å². The summed E-state index contributed by atoms with van der Waals surface area (Å²) in [4.78, 5) is 23.8. The number of aromatic amines is 1. The SMILES string of the molecule is COc1cccc(CC2(C(=O)NCc3nonc3C)CN(Cc3cc(C)[nH]n3)C2)c1.O=CO. The van der Waals surface area contributed by atoms with E-state index in [-0.39, 0.29) is 12.4 Å². The van der Waals surface area contributed by atoms with Gasteiger partial charge in [-0.2, -0.15) is 5.10 Å². The summed E-state index contributed by atoms with van der Waals surface area (Å²) in [6.07, 6.45) is 0.627. The second-order valence-electron chi connectivity index (χ2n) is 8.08. The molecule has 3 N–H and O–H groups in total. The van der Waals surface area contributed by atoms with Crippen molar-refractivity contribution in [1.82, 2.24) is 30.7 Å². The molecule has 0 atom stereocenters. The summed E-state index contributed by atoms with van der Waals surface area (Å²) >= 11 is 0. The standard InChI is InChI=1S/C21H26N6O3.CH2O2/c1-14-7-17(24-23-14)11-27-12-21(13-27,9-16-5-4-6-18(8-16)29-3)20(28)22-10-19-15(2)25-30-26-19;2-1-3/h4-8H,9-13H2,1-3H3,(H,22,28)(H,23,24);1H,(H,2,3). The number of benzene rings is 1. The number of nitrogens with one attached hydrogen (secondary N) is 2. The molecule has 0 radical (unpaired) electrons. The van der Waals surface area contributed by atoms with E-state index in [1.807, 2.05) is 37.3 Å². The van der Waals surface area contributed by atoms with Gasteiger partial charge < -0.3 is 15.2 Å². The van der Waals surface area contributed by atoms with Crippen molar-refractivity contribution in [2.75, 3.05) is 20.2 Å². The monoisotopic (exact) mass is 456 g/mol. The minimum Gasteiger partial charge on any atom is -0.497 e. The van der Waals surface area contributed by atoms with Crippen LogP contribution in [0.1, 0.15) is 28.3 Å². The Kier molecular flexibility index (Phi) is 7.78. The number of carbonyl (C=O) groups excluding carboxylic acids is 1. The highest BCUT2D eigenvalue weighted by atomic mass is 16.6. The van der Waals surface area contributed by atoms with Gasteiger partial charge in [-0.3, -0.25) is 19.6 Å². The van der Waals surface area contributed by atoms with Gasteiger partial charge in [0.25, 0.3) is 6.47 Å².